The Hall–Kier alpha value is -0.950. The standard InChI is InChI=1S/C17H23F3N2O.2ClH/c1-3-4-5-15(22-10-8-21-9-11-22)14-7-6-13(17(18,19)20)12-16(14)23-2;;/h3,6-7,12,15,21H,1,4-5,8-11H2,2H3;2*1H/t15-;;/m0../s1. The monoisotopic (exact) mass is 400 g/mol. The molecule has 1 aromatic rings. The molecule has 1 saturated heterocycles. The van der Waals surface area contributed by atoms with E-state index < -0.39 is 11.7 Å². The largest absolute Gasteiger partial charge is 0.496 e. The average Bonchev–Trinajstić information content (AvgIpc) is 2.55. The van der Waals surface area contributed by atoms with Crippen molar-refractivity contribution in [1.29, 1.82) is 0 Å². The van der Waals surface area contributed by atoms with Crippen LogP contribution in [0.1, 0.15) is 30.0 Å². The van der Waals surface area contributed by atoms with E-state index in [1.54, 1.807) is 6.07 Å². The minimum Gasteiger partial charge on any atom is -0.496 e. The molecule has 2 rings (SSSR count). The van der Waals surface area contributed by atoms with E-state index in [0.717, 1.165) is 56.7 Å². The summed E-state index contributed by atoms with van der Waals surface area (Å²) in [6.45, 7) is 7.25. The molecule has 1 aromatic carbocycles. The summed E-state index contributed by atoms with van der Waals surface area (Å²) >= 11 is 0. The fourth-order valence-electron chi connectivity index (χ4n) is 2.97. The lowest BCUT2D eigenvalue weighted by molar-refractivity contribution is -0.137. The molecule has 3 nitrogen and oxygen atoms in total. The topological polar surface area (TPSA) is 24.5 Å². The number of rotatable bonds is 6. The van der Waals surface area contributed by atoms with Crippen molar-refractivity contribution in [2.45, 2.75) is 25.1 Å². The van der Waals surface area contributed by atoms with Gasteiger partial charge >= 0.3 is 6.18 Å². The van der Waals surface area contributed by atoms with E-state index in [4.69, 9.17) is 4.74 Å². The van der Waals surface area contributed by atoms with Gasteiger partial charge in [0.1, 0.15) is 5.75 Å². The molecule has 0 aliphatic carbocycles. The highest BCUT2D eigenvalue weighted by molar-refractivity contribution is 5.85. The second-order valence-electron chi connectivity index (χ2n) is 5.62. The van der Waals surface area contributed by atoms with E-state index in [-0.39, 0.29) is 30.9 Å². The van der Waals surface area contributed by atoms with Gasteiger partial charge in [0.05, 0.1) is 12.7 Å². The number of hydrogen-bond donors (Lipinski definition) is 1. The number of allylic oxidation sites excluding steroid dienone is 1. The van der Waals surface area contributed by atoms with E-state index in [9.17, 15) is 13.2 Å². The van der Waals surface area contributed by atoms with Gasteiger partial charge in [0.2, 0.25) is 0 Å². The van der Waals surface area contributed by atoms with Crippen LogP contribution < -0.4 is 10.1 Å². The van der Waals surface area contributed by atoms with E-state index in [2.05, 4.69) is 16.8 Å². The molecule has 1 atom stereocenters. The first-order valence-corrected chi connectivity index (χ1v) is 7.78. The summed E-state index contributed by atoms with van der Waals surface area (Å²) in [6, 6.07) is 3.82. The molecule has 1 fully saturated rings. The normalized spacial score (nSPS) is 16.3. The second kappa shape index (κ2) is 10.9. The Kier molecular flexibility index (Phi) is 10.5. The van der Waals surface area contributed by atoms with E-state index in [1.807, 2.05) is 6.08 Å². The lowest BCUT2D eigenvalue weighted by Gasteiger charge is -2.36. The first kappa shape index (κ1) is 24.1. The Bertz CT molecular complexity index is 535. The minimum absolute atomic E-state index is 0. The molecule has 1 aliphatic heterocycles. The molecule has 8 heteroatoms. The molecule has 1 N–H and O–H groups in total. The molecule has 0 bridgehead atoms. The number of nitrogens with one attached hydrogen (secondary N) is 1. The molecular weight excluding hydrogens is 376 g/mol. The summed E-state index contributed by atoms with van der Waals surface area (Å²) in [5, 5.41) is 3.29. The summed E-state index contributed by atoms with van der Waals surface area (Å²) < 4.78 is 44.0. The highest BCUT2D eigenvalue weighted by Gasteiger charge is 2.32. The van der Waals surface area contributed by atoms with Crippen molar-refractivity contribution in [3.05, 3.63) is 42.0 Å². The smallest absolute Gasteiger partial charge is 0.416 e. The van der Waals surface area contributed by atoms with Gasteiger partial charge in [0, 0.05) is 37.8 Å². The fourth-order valence-corrected chi connectivity index (χ4v) is 2.97. The van der Waals surface area contributed by atoms with Gasteiger partial charge in [-0.25, -0.2) is 0 Å². The maximum Gasteiger partial charge on any atom is 0.416 e. The van der Waals surface area contributed by atoms with Crippen LogP contribution in [0.2, 0.25) is 0 Å². The first-order chi connectivity index (χ1) is 11.0. The fraction of sp³-hybridized carbons (Fsp3) is 0.529. The van der Waals surface area contributed by atoms with Gasteiger partial charge in [0.15, 0.2) is 0 Å². The Morgan fingerprint density at radius 1 is 1.28 bits per heavy atom. The van der Waals surface area contributed by atoms with Crippen molar-refractivity contribution in [2.75, 3.05) is 33.3 Å². The van der Waals surface area contributed by atoms with E-state index in [0.29, 0.717) is 5.75 Å². The number of benzene rings is 1. The van der Waals surface area contributed by atoms with Crippen LogP contribution in [0.5, 0.6) is 5.75 Å². The lowest BCUT2D eigenvalue weighted by atomic mass is 9.97. The number of halogens is 5. The van der Waals surface area contributed by atoms with Crippen LogP contribution in [0.25, 0.3) is 0 Å². The number of piperazine rings is 1. The van der Waals surface area contributed by atoms with Crippen molar-refractivity contribution < 1.29 is 17.9 Å². The van der Waals surface area contributed by atoms with Crippen LogP contribution >= 0.6 is 24.8 Å². The van der Waals surface area contributed by atoms with E-state index in [1.165, 1.54) is 7.11 Å². The van der Waals surface area contributed by atoms with Crippen LogP contribution in [0.4, 0.5) is 13.2 Å². The minimum atomic E-state index is -4.36. The van der Waals surface area contributed by atoms with Gasteiger partial charge in [-0.3, -0.25) is 4.90 Å². The number of nitrogens with zero attached hydrogens (tertiary/aromatic N) is 1. The first-order valence-electron chi connectivity index (χ1n) is 7.78. The van der Waals surface area contributed by atoms with Gasteiger partial charge < -0.3 is 10.1 Å². The van der Waals surface area contributed by atoms with Crippen molar-refractivity contribution in [2.24, 2.45) is 0 Å². The third-order valence-electron chi connectivity index (χ3n) is 4.16. The van der Waals surface area contributed by atoms with E-state index >= 15 is 0 Å². The van der Waals surface area contributed by atoms with Crippen LogP contribution in [-0.4, -0.2) is 38.2 Å². The molecule has 1 aliphatic rings. The molecular formula is C17H25Cl2F3N2O. The molecule has 1 heterocycles. The van der Waals surface area contributed by atoms with Crippen molar-refractivity contribution in [3.63, 3.8) is 0 Å². The van der Waals surface area contributed by atoms with Gasteiger partial charge in [0.25, 0.3) is 0 Å². The lowest BCUT2D eigenvalue weighted by Crippen LogP contribution is -2.45. The van der Waals surface area contributed by atoms with Crippen LogP contribution in [0.15, 0.2) is 30.9 Å². The zero-order chi connectivity index (χ0) is 16.9. The maximum atomic E-state index is 12.9. The maximum absolute atomic E-state index is 12.9. The average molecular weight is 401 g/mol. The highest BCUT2D eigenvalue weighted by Crippen LogP contribution is 2.38. The molecule has 0 saturated carbocycles. The summed E-state index contributed by atoms with van der Waals surface area (Å²) in [6.07, 6.45) is -0.910. The Balaban J connectivity index is 0.00000288. The molecule has 144 valence electrons. The highest BCUT2D eigenvalue weighted by atomic mass is 35.5. The number of methoxy groups -OCH3 is 1. The SMILES string of the molecule is C=CCC[C@@H](c1ccc(C(F)(F)F)cc1OC)N1CCNCC1.Cl.Cl. The third kappa shape index (κ3) is 6.37. The molecule has 0 unspecified atom stereocenters. The number of alkyl halides is 3. The molecule has 25 heavy (non-hydrogen) atoms. The Morgan fingerprint density at radius 2 is 1.92 bits per heavy atom. The van der Waals surface area contributed by atoms with Crippen molar-refractivity contribution >= 4 is 24.8 Å². The zero-order valence-corrected chi connectivity index (χ0v) is 15.8. The Labute approximate surface area is 159 Å². The molecule has 0 amide bonds. The quantitative estimate of drug-likeness (QED) is 0.712. The van der Waals surface area contributed by atoms with Crippen molar-refractivity contribution in [1.82, 2.24) is 10.2 Å². The van der Waals surface area contributed by atoms with Crippen LogP contribution in [0.3, 0.4) is 0 Å². The molecule has 0 spiro atoms. The number of hydrogen-bond acceptors (Lipinski definition) is 3. The van der Waals surface area contributed by atoms with Crippen LogP contribution in [-0.2, 0) is 6.18 Å². The summed E-state index contributed by atoms with van der Waals surface area (Å²) in [5.41, 5.74) is 0.130. The van der Waals surface area contributed by atoms with Gasteiger partial charge in [-0.05, 0) is 25.0 Å². The van der Waals surface area contributed by atoms with Gasteiger partial charge in [-0.2, -0.15) is 13.2 Å². The Morgan fingerprint density at radius 3 is 2.44 bits per heavy atom. The predicted octanol–water partition coefficient (Wildman–Crippen LogP) is 4.47. The number of ether oxygens (including phenoxy) is 1. The van der Waals surface area contributed by atoms with Crippen LogP contribution in [0, 0.1) is 0 Å². The summed E-state index contributed by atoms with van der Waals surface area (Å²) in [4.78, 5) is 2.30. The second-order valence-corrected chi connectivity index (χ2v) is 5.62. The van der Waals surface area contributed by atoms with Gasteiger partial charge in [-0.15, -0.1) is 31.4 Å². The molecule has 0 radical (unpaired) electrons. The van der Waals surface area contributed by atoms with Crippen molar-refractivity contribution in [3.8, 4) is 5.75 Å². The summed E-state index contributed by atoms with van der Waals surface area (Å²) in [7, 11) is 1.42. The summed E-state index contributed by atoms with van der Waals surface area (Å²) in [5.74, 6) is 0.299. The predicted molar refractivity (Wildman–Crippen MR) is 99.1 cm³/mol. The van der Waals surface area contributed by atoms with Gasteiger partial charge in [-0.1, -0.05) is 12.1 Å². The molecule has 0 aromatic heterocycles. The zero-order valence-electron chi connectivity index (χ0n) is 14.1. The third-order valence-corrected chi connectivity index (χ3v) is 4.16.